The van der Waals surface area contributed by atoms with Crippen LogP contribution < -0.4 is 5.32 Å². The van der Waals surface area contributed by atoms with Crippen LogP contribution in [0.2, 0.25) is 0 Å². The molecule has 1 amide bonds. The maximum absolute atomic E-state index is 11.4. The Morgan fingerprint density at radius 1 is 1.21 bits per heavy atom. The Morgan fingerprint density at radius 3 is 2.79 bits per heavy atom. The molecule has 3 nitrogen and oxygen atoms in total. The van der Waals surface area contributed by atoms with E-state index < -0.39 is 0 Å². The first-order valence-electron chi connectivity index (χ1n) is 6.11. The van der Waals surface area contributed by atoms with Gasteiger partial charge in [-0.05, 0) is 53.4 Å². The normalized spacial score (nSPS) is 12.7. The van der Waals surface area contributed by atoms with E-state index in [2.05, 4.69) is 11.4 Å². The van der Waals surface area contributed by atoms with Crippen molar-refractivity contribution in [3.63, 3.8) is 0 Å². The zero-order valence-corrected chi connectivity index (χ0v) is 10.5. The number of benzene rings is 2. The molecule has 0 radical (unpaired) electrons. The predicted molar refractivity (Wildman–Crippen MR) is 73.7 cm³/mol. The quantitative estimate of drug-likeness (QED) is 0.843. The minimum atomic E-state index is 0.0451. The van der Waals surface area contributed by atoms with Crippen LogP contribution in [0.1, 0.15) is 16.7 Å². The molecule has 0 unspecified atom stereocenters. The second-order valence-electron chi connectivity index (χ2n) is 4.74. The molecule has 1 N–H and O–H groups in total. The maximum Gasteiger partial charge on any atom is 0.228 e. The van der Waals surface area contributed by atoms with Gasteiger partial charge in [0.15, 0.2) is 0 Å². The molecule has 0 saturated carbocycles. The van der Waals surface area contributed by atoms with Crippen LogP contribution in [0.15, 0.2) is 36.4 Å². The van der Waals surface area contributed by atoms with Crippen LogP contribution in [-0.2, 0) is 11.2 Å². The van der Waals surface area contributed by atoms with Crippen molar-refractivity contribution in [2.24, 2.45) is 0 Å². The Balaban J connectivity index is 2.07. The van der Waals surface area contributed by atoms with Gasteiger partial charge in [-0.15, -0.1) is 0 Å². The maximum atomic E-state index is 11.4. The number of nitriles is 1. The number of rotatable bonds is 1. The van der Waals surface area contributed by atoms with Crippen molar-refractivity contribution in [1.82, 2.24) is 0 Å². The molecule has 0 spiro atoms. The predicted octanol–water partition coefficient (Wildman–Crippen LogP) is 3.03. The highest BCUT2D eigenvalue weighted by Gasteiger charge is 2.18. The second kappa shape index (κ2) is 4.25. The monoisotopic (exact) mass is 248 g/mol. The number of amides is 1. The van der Waals surface area contributed by atoms with Crippen molar-refractivity contribution in [2.75, 3.05) is 5.32 Å². The topological polar surface area (TPSA) is 52.9 Å². The third-order valence-corrected chi connectivity index (χ3v) is 3.40. The SMILES string of the molecule is Cc1cc(C#N)ccc1-c1ccc2c(c1)CC(=O)N2. The Labute approximate surface area is 111 Å². The lowest BCUT2D eigenvalue weighted by atomic mass is 9.96. The molecular formula is C16H12N2O. The van der Waals surface area contributed by atoms with E-state index in [1.165, 1.54) is 0 Å². The third-order valence-electron chi connectivity index (χ3n) is 3.40. The summed E-state index contributed by atoms with van der Waals surface area (Å²) in [6.45, 7) is 1.99. The van der Waals surface area contributed by atoms with Gasteiger partial charge in [0.2, 0.25) is 5.91 Å². The molecule has 0 aromatic heterocycles. The third kappa shape index (κ3) is 1.98. The smallest absolute Gasteiger partial charge is 0.228 e. The summed E-state index contributed by atoms with van der Waals surface area (Å²) in [5.41, 5.74) is 5.85. The number of anilines is 1. The van der Waals surface area contributed by atoms with Gasteiger partial charge in [-0.25, -0.2) is 0 Å². The molecule has 19 heavy (non-hydrogen) atoms. The van der Waals surface area contributed by atoms with Gasteiger partial charge in [0.05, 0.1) is 18.1 Å². The highest BCUT2D eigenvalue weighted by Crippen LogP contribution is 2.30. The number of carbonyl (C=O) groups excluding carboxylic acids is 1. The summed E-state index contributed by atoms with van der Waals surface area (Å²) in [6.07, 6.45) is 0.443. The molecule has 0 atom stereocenters. The van der Waals surface area contributed by atoms with Gasteiger partial charge in [0.1, 0.15) is 0 Å². The molecule has 1 aliphatic rings. The molecule has 92 valence electrons. The molecule has 2 aromatic rings. The lowest BCUT2D eigenvalue weighted by Gasteiger charge is -2.08. The van der Waals surface area contributed by atoms with Crippen molar-refractivity contribution in [3.8, 4) is 17.2 Å². The van der Waals surface area contributed by atoms with E-state index in [4.69, 9.17) is 5.26 Å². The first-order chi connectivity index (χ1) is 9.17. The van der Waals surface area contributed by atoms with Crippen LogP contribution in [0.5, 0.6) is 0 Å². The standard InChI is InChI=1S/C16H12N2O/c1-10-6-11(9-17)2-4-14(10)12-3-5-15-13(7-12)8-16(19)18-15/h2-7H,8H2,1H3,(H,18,19). The van der Waals surface area contributed by atoms with Crippen LogP contribution in [0, 0.1) is 18.3 Å². The lowest BCUT2D eigenvalue weighted by Crippen LogP contribution is -2.03. The molecule has 0 saturated heterocycles. The van der Waals surface area contributed by atoms with Gasteiger partial charge in [0.25, 0.3) is 0 Å². The zero-order chi connectivity index (χ0) is 13.4. The summed E-state index contributed by atoms with van der Waals surface area (Å²) in [5, 5.41) is 11.7. The number of nitrogens with zero attached hydrogens (tertiary/aromatic N) is 1. The zero-order valence-electron chi connectivity index (χ0n) is 10.5. The van der Waals surface area contributed by atoms with E-state index in [9.17, 15) is 4.79 Å². The van der Waals surface area contributed by atoms with Crippen LogP contribution in [0.4, 0.5) is 5.69 Å². The van der Waals surface area contributed by atoms with Crippen molar-refractivity contribution in [3.05, 3.63) is 53.1 Å². The number of hydrogen-bond donors (Lipinski definition) is 1. The van der Waals surface area contributed by atoms with E-state index in [0.717, 1.165) is 27.9 Å². The Kier molecular flexibility index (Phi) is 2.57. The second-order valence-corrected chi connectivity index (χ2v) is 4.74. The van der Waals surface area contributed by atoms with E-state index in [1.807, 2.05) is 43.3 Å². The minimum Gasteiger partial charge on any atom is -0.326 e. The molecule has 2 aromatic carbocycles. The van der Waals surface area contributed by atoms with Gasteiger partial charge in [0, 0.05) is 5.69 Å². The van der Waals surface area contributed by atoms with Crippen molar-refractivity contribution >= 4 is 11.6 Å². The summed E-state index contributed by atoms with van der Waals surface area (Å²) >= 11 is 0. The number of nitrogens with one attached hydrogen (secondary N) is 1. The summed E-state index contributed by atoms with van der Waals surface area (Å²) in [7, 11) is 0. The average molecular weight is 248 g/mol. The van der Waals surface area contributed by atoms with Gasteiger partial charge >= 0.3 is 0 Å². The molecule has 1 heterocycles. The molecule has 0 bridgehead atoms. The van der Waals surface area contributed by atoms with Gasteiger partial charge < -0.3 is 5.32 Å². The molecule has 3 heteroatoms. The number of hydrogen-bond acceptors (Lipinski definition) is 2. The van der Waals surface area contributed by atoms with Crippen LogP contribution in [0.25, 0.3) is 11.1 Å². The van der Waals surface area contributed by atoms with E-state index in [1.54, 1.807) is 0 Å². The van der Waals surface area contributed by atoms with Crippen molar-refractivity contribution < 1.29 is 4.79 Å². The van der Waals surface area contributed by atoms with Crippen LogP contribution >= 0.6 is 0 Å². The fourth-order valence-corrected chi connectivity index (χ4v) is 2.45. The van der Waals surface area contributed by atoms with E-state index >= 15 is 0 Å². The van der Waals surface area contributed by atoms with Crippen molar-refractivity contribution in [2.45, 2.75) is 13.3 Å². The number of fused-ring (bicyclic) bond motifs is 1. The van der Waals surface area contributed by atoms with E-state index in [0.29, 0.717) is 12.0 Å². The van der Waals surface area contributed by atoms with Crippen LogP contribution in [0.3, 0.4) is 0 Å². The summed E-state index contributed by atoms with van der Waals surface area (Å²) in [4.78, 5) is 11.4. The van der Waals surface area contributed by atoms with Gasteiger partial charge in [-0.3, -0.25) is 4.79 Å². The highest BCUT2D eigenvalue weighted by atomic mass is 16.1. The number of aryl methyl sites for hydroxylation is 1. The summed E-state index contributed by atoms with van der Waals surface area (Å²) < 4.78 is 0. The Hall–Kier alpha value is -2.60. The molecular weight excluding hydrogens is 236 g/mol. The summed E-state index contributed by atoms with van der Waals surface area (Å²) in [6, 6.07) is 13.8. The Bertz CT molecular complexity index is 726. The average Bonchev–Trinajstić information content (AvgIpc) is 2.77. The van der Waals surface area contributed by atoms with Crippen molar-refractivity contribution in [1.29, 1.82) is 5.26 Å². The number of carbonyl (C=O) groups is 1. The fraction of sp³-hybridized carbons (Fsp3) is 0.125. The van der Waals surface area contributed by atoms with Crippen LogP contribution in [-0.4, -0.2) is 5.91 Å². The first kappa shape index (κ1) is 11.5. The van der Waals surface area contributed by atoms with Gasteiger partial charge in [-0.2, -0.15) is 5.26 Å². The van der Waals surface area contributed by atoms with Gasteiger partial charge in [-0.1, -0.05) is 12.1 Å². The highest BCUT2D eigenvalue weighted by molar-refractivity contribution is 5.99. The molecule has 1 aliphatic heterocycles. The molecule has 0 fully saturated rings. The molecule has 3 rings (SSSR count). The lowest BCUT2D eigenvalue weighted by molar-refractivity contribution is -0.115. The van der Waals surface area contributed by atoms with E-state index in [-0.39, 0.29) is 5.91 Å². The largest absolute Gasteiger partial charge is 0.326 e. The Morgan fingerprint density at radius 2 is 2.05 bits per heavy atom. The minimum absolute atomic E-state index is 0.0451. The fourth-order valence-electron chi connectivity index (χ4n) is 2.45. The molecule has 0 aliphatic carbocycles. The summed E-state index contributed by atoms with van der Waals surface area (Å²) in [5.74, 6) is 0.0451. The first-order valence-corrected chi connectivity index (χ1v) is 6.11.